The minimum atomic E-state index is -0.253. The molecule has 0 spiro atoms. The molecule has 3 rings (SSSR count). The summed E-state index contributed by atoms with van der Waals surface area (Å²) in [6.07, 6.45) is 1.64. The minimum Gasteiger partial charge on any atom is -0.381 e. The summed E-state index contributed by atoms with van der Waals surface area (Å²) >= 11 is 0. The standard InChI is InChI=1S/C18H25N3O4/c1-13-12-25-10-7-21(13)17(22)14-3-2-4-16(11-14)20-18(23)19-15-5-8-24-9-6-15/h2-4,11,13,15H,5-10,12H2,1H3,(H2,19,20,23). The monoisotopic (exact) mass is 347 g/mol. The highest BCUT2D eigenvalue weighted by Crippen LogP contribution is 2.16. The lowest BCUT2D eigenvalue weighted by Crippen LogP contribution is -2.47. The van der Waals surface area contributed by atoms with Crippen LogP contribution < -0.4 is 10.6 Å². The SMILES string of the molecule is CC1COCCN1C(=O)c1cccc(NC(=O)NC2CCOCC2)c1. The Morgan fingerprint density at radius 3 is 2.72 bits per heavy atom. The maximum Gasteiger partial charge on any atom is 0.319 e. The molecule has 1 aromatic rings. The van der Waals surface area contributed by atoms with Gasteiger partial charge in [-0.1, -0.05) is 6.07 Å². The highest BCUT2D eigenvalue weighted by Gasteiger charge is 2.25. The fourth-order valence-electron chi connectivity index (χ4n) is 3.12. The van der Waals surface area contributed by atoms with Crippen LogP contribution in [-0.4, -0.2) is 61.9 Å². The highest BCUT2D eigenvalue weighted by atomic mass is 16.5. The molecule has 2 aliphatic rings. The third-order valence-corrected chi connectivity index (χ3v) is 4.55. The van der Waals surface area contributed by atoms with Gasteiger partial charge in [-0.25, -0.2) is 4.79 Å². The Balaban J connectivity index is 1.60. The van der Waals surface area contributed by atoms with Gasteiger partial charge in [0.1, 0.15) is 0 Å². The van der Waals surface area contributed by atoms with Crippen molar-refractivity contribution in [2.24, 2.45) is 0 Å². The number of hydrogen-bond acceptors (Lipinski definition) is 4. The zero-order chi connectivity index (χ0) is 17.6. The Kier molecular flexibility index (Phi) is 5.88. The number of carbonyl (C=O) groups is 2. The maximum absolute atomic E-state index is 12.7. The van der Waals surface area contributed by atoms with Crippen molar-refractivity contribution in [1.82, 2.24) is 10.2 Å². The third kappa shape index (κ3) is 4.70. The first kappa shape index (κ1) is 17.7. The number of rotatable bonds is 3. The van der Waals surface area contributed by atoms with Crippen LogP contribution in [0.1, 0.15) is 30.1 Å². The lowest BCUT2D eigenvalue weighted by atomic mass is 10.1. The van der Waals surface area contributed by atoms with E-state index in [0.717, 1.165) is 12.8 Å². The smallest absolute Gasteiger partial charge is 0.319 e. The molecule has 2 aliphatic heterocycles. The molecule has 1 unspecified atom stereocenters. The largest absolute Gasteiger partial charge is 0.381 e. The number of ether oxygens (including phenoxy) is 2. The van der Waals surface area contributed by atoms with E-state index in [-0.39, 0.29) is 24.0 Å². The minimum absolute atomic E-state index is 0.0377. The summed E-state index contributed by atoms with van der Waals surface area (Å²) in [5, 5.41) is 5.76. The van der Waals surface area contributed by atoms with Crippen LogP contribution in [0.5, 0.6) is 0 Å². The van der Waals surface area contributed by atoms with Crippen LogP contribution >= 0.6 is 0 Å². The Bertz CT molecular complexity index is 616. The lowest BCUT2D eigenvalue weighted by molar-refractivity contribution is 0.00359. The van der Waals surface area contributed by atoms with Crippen molar-refractivity contribution in [2.45, 2.75) is 31.8 Å². The van der Waals surface area contributed by atoms with Crippen molar-refractivity contribution in [2.75, 3.05) is 38.3 Å². The molecule has 0 aromatic heterocycles. The number of urea groups is 1. The number of nitrogens with one attached hydrogen (secondary N) is 2. The molecule has 3 amide bonds. The van der Waals surface area contributed by atoms with E-state index >= 15 is 0 Å². The zero-order valence-corrected chi connectivity index (χ0v) is 14.5. The predicted octanol–water partition coefficient (Wildman–Crippen LogP) is 1.85. The van der Waals surface area contributed by atoms with Crippen molar-refractivity contribution < 1.29 is 19.1 Å². The van der Waals surface area contributed by atoms with Gasteiger partial charge in [-0.05, 0) is 38.0 Å². The molecule has 1 aromatic carbocycles. The molecular weight excluding hydrogens is 322 g/mol. The van der Waals surface area contributed by atoms with Crippen molar-refractivity contribution in [1.29, 1.82) is 0 Å². The van der Waals surface area contributed by atoms with Crippen LogP contribution in [0, 0.1) is 0 Å². The van der Waals surface area contributed by atoms with Gasteiger partial charge in [0.2, 0.25) is 0 Å². The molecule has 2 heterocycles. The molecular formula is C18H25N3O4. The molecule has 7 heteroatoms. The number of carbonyl (C=O) groups excluding carboxylic acids is 2. The molecule has 7 nitrogen and oxygen atoms in total. The van der Waals surface area contributed by atoms with E-state index in [1.54, 1.807) is 24.3 Å². The molecule has 0 bridgehead atoms. The number of morpholine rings is 1. The fraction of sp³-hybridized carbons (Fsp3) is 0.556. The van der Waals surface area contributed by atoms with Crippen LogP contribution in [0.15, 0.2) is 24.3 Å². The van der Waals surface area contributed by atoms with Gasteiger partial charge in [0.25, 0.3) is 5.91 Å². The summed E-state index contributed by atoms with van der Waals surface area (Å²) in [4.78, 5) is 26.6. The van der Waals surface area contributed by atoms with E-state index in [1.165, 1.54) is 0 Å². The number of amides is 3. The molecule has 2 saturated heterocycles. The molecule has 0 aliphatic carbocycles. The van der Waals surface area contributed by atoms with Crippen molar-refractivity contribution in [3.05, 3.63) is 29.8 Å². The Labute approximate surface area is 147 Å². The second-order valence-electron chi connectivity index (χ2n) is 6.49. The normalized spacial score (nSPS) is 21.6. The first-order chi connectivity index (χ1) is 12.1. The molecule has 136 valence electrons. The van der Waals surface area contributed by atoms with E-state index < -0.39 is 0 Å². The van der Waals surface area contributed by atoms with Gasteiger partial charge in [-0.15, -0.1) is 0 Å². The van der Waals surface area contributed by atoms with Gasteiger partial charge in [0, 0.05) is 37.1 Å². The summed E-state index contributed by atoms with van der Waals surface area (Å²) in [5.41, 5.74) is 1.17. The van der Waals surface area contributed by atoms with Crippen LogP contribution in [-0.2, 0) is 9.47 Å². The molecule has 0 saturated carbocycles. The summed E-state index contributed by atoms with van der Waals surface area (Å²) < 4.78 is 10.7. The second-order valence-corrected chi connectivity index (χ2v) is 6.49. The summed E-state index contributed by atoms with van der Waals surface area (Å²) in [7, 11) is 0. The van der Waals surface area contributed by atoms with Gasteiger partial charge in [0.15, 0.2) is 0 Å². The van der Waals surface area contributed by atoms with E-state index in [2.05, 4.69) is 10.6 Å². The molecule has 2 fully saturated rings. The van der Waals surface area contributed by atoms with Gasteiger partial charge < -0.3 is 25.0 Å². The van der Waals surface area contributed by atoms with Crippen molar-refractivity contribution in [3.8, 4) is 0 Å². The van der Waals surface area contributed by atoms with Crippen LogP contribution in [0.2, 0.25) is 0 Å². The molecule has 2 N–H and O–H groups in total. The summed E-state index contributed by atoms with van der Waals surface area (Å²) in [6.45, 7) is 5.01. The van der Waals surface area contributed by atoms with Crippen LogP contribution in [0.3, 0.4) is 0 Å². The molecule has 0 radical (unpaired) electrons. The average molecular weight is 347 g/mol. The van der Waals surface area contributed by atoms with Gasteiger partial charge in [0.05, 0.1) is 19.3 Å². The third-order valence-electron chi connectivity index (χ3n) is 4.55. The van der Waals surface area contributed by atoms with E-state index in [1.807, 2.05) is 11.8 Å². The first-order valence-electron chi connectivity index (χ1n) is 8.77. The molecule has 25 heavy (non-hydrogen) atoms. The van der Waals surface area contributed by atoms with E-state index in [0.29, 0.717) is 44.2 Å². The fourth-order valence-corrected chi connectivity index (χ4v) is 3.12. The van der Waals surface area contributed by atoms with Gasteiger partial charge in [-0.3, -0.25) is 4.79 Å². The van der Waals surface area contributed by atoms with E-state index in [9.17, 15) is 9.59 Å². The zero-order valence-electron chi connectivity index (χ0n) is 14.5. The van der Waals surface area contributed by atoms with Crippen LogP contribution in [0.4, 0.5) is 10.5 Å². The van der Waals surface area contributed by atoms with Gasteiger partial charge >= 0.3 is 6.03 Å². The summed E-state index contributed by atoms with van der Waals surface area (Å²) in [5.74, 6) is -0.0377. The van der Waals surface area contributed by atoms with E-state index in [4.69, 9.17) is 9.47 Å². The Hall–Kier alpha value is -2.12. The summed E-state index contributed by atoms with van der Waals surface area (Å²) in [6, 6.07) is 6.98. The average Bonchev–Trinajstić information content (AvgIpc) is 2.62. The number of nitrogens with zero attached hydrogens (tertiary/aromatic N) is 1. The molecule has 1 atom stereocenters. The number of hydrogen-bond donors (Lipinski definition) is 2. The number of benzene rings is 1. The Morgan fingerprint density at radius 1 is 1.16 bits per heavy atom. The quantitative estimate of drug-likeness (QED) is 0.874. The van der Waals surface area contributed by atoms with Gasteiger partial charge in [-0.2, -0.15) is 0 Å². The predicted molar refractivity (Wildman–Crippen MR) is 93.8 cm³/mol. The number of anilines is 1. The lowest BCUT2D eigenvalue weighted by Gasteiger charge is -2.33. The van der Waals surface area contributed by atoms with Crippen molar-refractivity contribution >= 4 is 17.6 Å². The maximum atomic E-state index is 12.7. The van der Waals surface area contributed by atoms with Crippen molar-refractivity contribution in [3.63, 3.8) is 0 Å². The highest BCUT2D eigenvalue weighted by molar-refractivity contribution is 5.97. The Morgan fingerprint density at radius 2 is 1.96 bits per heavy atom. The topological polar surface area (TPSA) is 79.9 Å². The second kappa shape index (κ2) is 8.31. The van der Waals surface area contributed by atoms with Crippen LogP contribution in [0.25, 0.3) is 0 Å². The first-order valence-corrected chi connectivity index (χ1v) is 8.77.